The zero-order chi connectivity index (χ0) is 15.5. The molecule has 0 radical (unpaired) electrons. The molecule has 0 unspecified atom stereocenters. The van der Waals surface area contributed by atoms with E-state index in [1.54, 1.807) is 12.1 Å². The molecule has 0 atom stereocenters. The molecule has 4 heteroatoms. The lowest BCUT2D eigenvalue weighted by molar-refractivity contribution is 0.602. The maximum atomic E-state index is 11.4. The molecule has 0 spiro atoms. The second-order valence-electron chi connectivity index (χ2n) is 5.52. The molecular weight excluding hydrogens is 282 g/mol. The summed E-state index contributed by atoms with van der Waals surface area (Å²) < 4.78 is 22.8. The summed E-state index contributed by atoms with van der Waals surface area (Å²) in [6, 6.07) is 13.5. The topological polar surface area (TPSA) is 46.2 Å². The van der Waals surface area contributed by atoms with Crippen molar-refractivity contribution in [2.75, 3.05) is 6.26 Å². The van der Waals surface area contributed by atoms with Gasteiger partial charge in [0.15, 0.2) is 9.84 Å². The molecule has 112 valence electrons. The maximum absolute atomic E-state index is 11.4. The van der Waals surface area contributed by atoms with Gasteiger partial charge < -0.3 is 5.32 Å². The molecule has 21 heavy (non-hydrogen) atoms. The van der Waals surface area contributed by atoms with E-state index in [4.69, 9.17) is 0 Å². The van der Waals surface area contributed by atoms with E-state index < -0.39 is 9.84 Å². The van der Waals surface area contributed by atoms with Gasteiger partial charge >= 0.3 is 0 Å². The zero-order valence-electron chi connectivity index (χ0n) is 12.7. The van der Waals surface area contributed by atoms with Crippen LogP contribution in [0.3, 0.4) is 0 Å². The summed E-state index contributed by atoms with van der Waals surface area (Å²) in [5.74, 6) is 0. The molecule has 3 nitrogen and oxygen atoms in total. The van der Waals surface area contributed by atoms with Crippen molar-refractivity contribution < 1.29 is 8.42 Å². The van der Waals surface area contributed by atoms with E-state index in [1.165, 1.54) is 22.9 Å². The summed E-state index contributed by atoms with van der Waals surface area (Å²) in [4.78, 5) is 0.362. The van der Waals surface area contributed by atoms with Crippen molar-refractivity contribution in [1.82, 2.24) is 5.32 Å². The SMILES string of the molecule is Cc1cc(C)cc(CNCc2ccc(S(C)(=O)=O)cc2)c1. The second-order valence-corrected chi connectivity index (χ2v) is 7.53. The Hall–Kier alpha value is -1.65. The lowest BCUT2D eigenvalue weighted by Gasteiger charge is -2.08. The van der Waals surface area contributed by atoms with Crippen LogP contribution in [0.25, 0.3) is 0 Å². The van der Waals surface area contributed by atoms with Crippen molar-refractivity contribution in [3.63, 3.8) is 0 Å². The van der Waals surface area contributed by atoms with Crippen molar-refractivity contribution in [3.05, 3.63) is 64.7 Å². The smallest absolute Gasteiger partial charge is 0.175 e. The van der Waals surface area contributed by atoms with E-state index in [0.29, 0.717) is 4.90 Å². The van der Waals surface area contributed by atoms with Gasteiger partial charge in [0.25, 0.3) is 0 Å². The minimum Gasteiger partial charge on any atom is -0.309 e. The van der Waals surface area contributed by atoms with E-state index in [9.17, 15) is 8.42 Å². The minimum atomic E-state index is -3.11. The van der Waals surface area contributed by atoms with Gasteiger partial charge in [0.05, 0.1) is 4.90 Å². The van der Waals surface area contributed by atoms with Crippen LogP contribution in [0.1, 0.15) is 22.3 Å². The van der Waals surface area contributed by atoms with Gasteiger partial charge in [-0.25, -0.2) is 8.42 Å². The predicted octanol–water partition coefficient (Wildman–Crippen LogP) is 3.00. The highest BCUT2D eigenvalue weighted by Gasteiger charge is 2.05. The molecule has 0 aliphatic rings. The first-order valence-corrected chi connectivity index (χ1v) is 8.80. The van der Waals surface area contributed by atoms with Gasteiger partial charge in [-0.3, -0.25) is 0 Å². The number of nitrogens with one attached hydrogen (secondary N) is 1. The van der Waals surface area contributed by atoms with Crippen molar-refractivity contribution in [2.24, 2.45) is 0 Å². The molecule has 0 aromatic heterocycles. The van der Waals surface area contributed by atoms with Gasteiger partial charge in [0.1, 0.15) is 0 Å². The quantitative estimate of drug-likeness (QED) is 0.923. The Kier molecular flexibility index (Phi) is 4.80. The number of rotatable bonds is 5. The van der Waals surface area contributed by atoms with Crippen LogP contribution < -0.4 is 5.32 Å². The molecule has 0 saturated carbocycles. The van der Waals surface area contributed by atoms with Gasteiger partial charge in [0.2, 0.25) is 0 Å². The number of hydrogen-bond acceptors (Lipinski definition) is 3. The molecule has 2 rings (SSSR count). The molecular formula is C17H21NO2S. The number of sulfone groups is 1. The highest BCUT2D eigenvalue weighted by molar-refractivity contribution is 7.90. The first-order chi connectivity index (χ1) is 9.84. The Morgan fingerprint density at radius 2 is 1.38 bits per heavy atom. The summed E-state index contributed by atoms with van der Waals surface area (Å²) in [6.45, 7) is 5.72. The monoisotopic (exact) mass is 303 g/mol. The third kappa shape index (κ3) is 4.69. The first-order valence-electron chi connectivity index (χ1n) is 6.91. The normalized spacial score (nSPS) is 11.6. The van der Waals surface area contributed by atoms with E-state index in [1.807, 2.05) is 12.1 Å². The van der Waals surface area contributed by atoms with E-state index in [0.717, 1.165) is 18.7 Å². The van der Waals surface area contributed by atoms with Gasteiger partial charge in [-0.1, -0.05) is 41.5 Å². The van der Waals surface area contributed by atoms with Crippen LogP contribution in [-0.4, -0.2) is 14.7 Å². The van der Waals surface area contributed by atoms with Gasteiger partial charge in [-0.15, -0.1) is 0 Å². The summed E-state index contributed by atoms with van der Waals surface area (Å²) in [7, 11) is -3.11. The molecule has 2 aromatic carbocycles. The average Bonchev–Trinajstić information content (AvgIpc) is 2.37. The van der Waals surface area contributed by atoms with Crippen molar-refractivity contribution in [2.45, 2.75) is 31.8 Å². The largest absolute Gasteiger partial charge is 0.309 e. The van der Waals surface area contributed by atoms with Crippen LogP contribution in [0.15, 0.2) is 47.4 Å². The molecule has 2 aromatic rings. The molecule has 0 amide bonds. The molecule has 0 heterocycles. The Balaban J connectivity index is 1.94. The highest BCUT2D eigenvalue weighted by atomic mass is 32.2. The van der Waals surface area contributed by atoms with Crippen LogP contribution in [-0.2, 0) is 22.9 Å². The Morgan fingerprint density at radius 3 is 1.90 bits per heavy atom. The third-order valence-corrected chi connectivity index (χ3v) is 4.42. The average molecular weight is 303 g/mol. The molecule has 0 fully saturated rings. The van der Waals surface area contributed by atoms with Crippen molar-refractivity contribution >= 4 is 9.84 Å². The summed E-state index contributed by atoms with van der Waals surface area (Å²) in [5, 5.41) is 3.38. The Bertz CT molecular complexity index is 699. The fourth-order valence-electron chi connectivity index (χ4n) is 2.38. The van der Waals surface area contributed by atoms with E-state index in [-0.39, 0.29) is 0 Å². The summed E-state index contributed by atoms with van der Waals surface area (Å²) in [6.07, 6.45) is 1.22. The van der Waals surface area contributed by atoms with Gasteiger partial charge in [0, 0.05) is 19.3 Å². The lowest BCUT2D eigenvalue weighted by atomic mass is 10.1. The minimum absolute atomic E-state index is 0.362. The predicted molar refractivity (Wildman–Crippen MR) is 86.0 cm³/mol. The lowest BCUT2D eigenvalue weighted by Crippen LogP contribution is -2.13. The van der Waals surface area contributed by atoms with Crippen LogP contribution in [0.2, 0.25) is 0 Å². The Labute approximate surface area is 126 Å². The van der Waals surface area contributed by atoms with E-state index in [2.05, 4.69) is 37.4 Å². The van der Waals surface area contributed by atoms with Gasteiger partial charge in [-0.05, 0) is 37.1 Å². The summed E-state index contributed by atoms with van der Waals surface area (Å²) in [5.41, 5.74) is 4.88. The molecule has 0 bridgehead atoms. The Morgan fingerprint density at radius 1 is 0.857 bits per heavy atom. The van der Waals surface area contributed by atoms with Crippen LogP contribution in [0.4, 0.5) is 0 Å². The summed E-state index contributed by atoms with van der Waals surface area (Å²) >= 11 is 0. The highest BCUT2D eigenvalue weighted by Crippen LogP contribution is 2.11. The second kappa shape index (κ2) is 6.41. The standard InChI is InChI=1S/C17H21NO2S/c1-13-8-14(2)10-16(9-13)12-18-11-15-4-6-17(7-5-15)21(3,19)20/h4-10,18H,11-12H2,1-3H3. The zero-order valence-corrected chi connectivity index (χ0v) is 13.5. The fourth-order valence-corrected chi connectivity index (χ4v) is 3.01. The first kappa shape index (κ1) is 15.7. The molecule has 1 N–H and O–H groups in total. The van der Waals surface area contributed by atoms with Gasteiger partial charge in [-0.2, -0.15) is 0 Å². The number of hydrogen-bond donors (Lipinski definition) is 1. The number of aryl methyl sites for hydroxylation is 2. The molecule has 0 aliphatic heterocycles. The number of benzene rings is 2. The van der Waals surface area contributed by atoms with Crippen LogP contribution >= 0.6 is 0 Å². The van der Waals surface area contributed by atoms with Crippen LogP contribution in [0, 0.1) is 13.8 Å². The van der Waals surface area contributed by atoms with Crippen molar-refractivity contribution in [3.8, 4) is 0 Å². The van der Waals surface area contributed by atoms with Crippen molar-refractivity contribution in [1.29, 1.82) is 0 Å². The molecule has 0 saturated heterocycles. The van der Waals surface area contributed by atoms with Crippen LogP contribution in [0.5, 0.6) is 0 Å². The third-order valence-electron chi connectivity index (χ3n) is 3.29. The fraction of sp³-hybridized carbons (Fsp3) is 0.294. The van der Waals surface area contributed by atoms with E-state index >= 15 is 0 Å². The maximum Gasteiger partial charge on any atom is 0.175 e. The molecule has 0 aliphatic carbocycles.